The number of rotatable bonds is 6. The first-order valence-corrected chi connectivity index (χ1v) is 6.71. The number of morpholine rings is 1. The first-order valence-electron chi connectivity index (χ1n) is 6.71. The maximum absolute atomic E-state index is 5.43. The molecule has 6 nitrogen and oxygen atoms in total. The maximum Gasteiger partial charge on any atom is 0.0964 e. The first-order chi connectivity index (χ1) is 8.79. The number of hydrogen-bond acceptors (Lipinski definition) is 5. The summed E-state index contributed by atoms with van der Waals surface area (Å²) < 4.78 is 7.35. The number of ether oxygens (including phenoxy) is 1. The van der Waals surface area contributed by atoms with E-state index in [1.165, 1.54) is 0 Å². The van der Waals surface area contributed by atoms with Gasteiger partial charge in [0.05, 0.1) is 25.5 Å². The second-order valence-electron chi connectivity index (χ2n) is 4.71. The van der Waals surface area contributed by atoms with E-state index in [0.29, 0.717) is 6.04 Å². The zero-order valence-electron chi connectivity index (χ0n) is 11.3. The lowest BCUT2D eigenvalue weighted by Crippen LogP contribution is -2.44. The molecule has 1 aliphatic heterocycles. The minimum Gasteiger partial charge on any atom is -0.379 e. The largest absolute Gasteiger partial charge is 0.379 e. The molecular weight excluding hydrogens is 230 g/mol. The standard InChI is InChI=1S/C12H23N5O/c1-3-13-8-12-9-17(15-14-12)5-4-16-6-7-18-10-11(16)2/h9,11,13H,3-8,10H2,1-2H3. The van der Waals surface area contributed by atoms with E-state index in [9.17, 15) is 0 Å². The van der Waals surface area contributed by atoms with Gasteiger partial charge in [0.25, 0.3) is 0 Å². The Morgan fingerprint density at radius 2 is 2.39 bits per heavy atom. The molecular formula is C12H23N5O. The summed E-state index contributed by atoms with van der Waals surface area (Å²) in [6.45, 7) is 10.6. The van der Waals surface area contributed by atoms with Crippen LogP contribution in [0.25, 0.3) is 0 Å². The number of aromatic nitrogens is 3. The van der Waals surface area contributed by atoms with Crippen molar-refractivity contribution in [3.8, 4) is 0 Å². The van der Waals surface area contributed by atoms with Gasteiger partial charge in [-0.3, -0.25) is 9.58 Å². The fraction of sp³-hybridized carbons (Fsp3) is 0.833. The smallest absolute Gasteiger partial charge is 0.0964 e. The van der Waals surface area contributed by atoms with Crippen LogP contribution in [0, 0.1) is 0 Å². The van der Waals surface area contributed by atoms with Crippen molar-refractivity contribution in [2.24, 2.45) is 0 Å². The quantitative estimate of drug-likeness (QED) is 0.780. The van der Waals surface area contributed by atoms with Gasteiger partial charge in [-0.05, 0) is 13.5 Å². The molecule has 6 heteroatoms. The molecule has 1 unspecified atom stereocenters. The summed E-state index contributed by atoms with van der Waals surface area (Å²) in [5.41, 5.74) is 1.01. The average Bonchev–Trinajstić information content (AvgIpc) is 2.83. The van der Waals surface area contributed by atoms with E-state index in [1.54, 1.807) is 0 Å². The third-order valence-corrected chi connectivity index (χ3v) is 3.26. The Balaban J connectivity index is 1.77. The van der Waals surface area contributed by atoms with E-state index in [1.807, 2.05) is 10.9 Å². The van der Waals surface area contributed by atoms with E-state index in [4.69, 9.17) is 4.74 Å². The summed E-state index contributed by atoms with van der Waals surface area (Å²) in [6.07, 6.45) is 2.02. The highest BCUT2D eigenvalue weighted by molar-refractivity contribution is 4.91. The van der Waals surface area contributed by atoms with Crippen molar-refractivity contribution in [2.45, 2.75) is 33.0 Å². The molecule has 1 N–H and O–H groups in total. The van der Waals surface area contributed by atoms with Gasteiger partial charge in [-0.2, -0.15) is 0 Å². The zero-order valence-corrected chi connectivity index (χ0v) is 11.3. The predicted molar refractivity (Wildman–Crippen MR) is 69.3 cm³/mol. The fourth-order valence-electron chi connectivity index (χ4n) is 2.11. The third kappa shape index (κ3) is 3.76. The van der Waals surface area contributed by atoms with Crippen molar-refractivity contribution in [3.63, 3.8) is 0 Å². The molecule has 1 aromatic rings. The molecule has 1 saturated heterocycles. The zero-order chi connectivity index (χ0) is 12.8. The number of nitrogens with zero attached hydrogens (tertiary/aromatic N) is 4. The lowest BCUT2D eigenvalue weighted by Gasteiger charge is -2.32. The Labute approximate surface area is 108 Å². The lowest BCUT2D eigenvalue weighted by atomic mass is 10.2. The van der Waals surface area contributed by atoms with Crippen molar-refractivity contribution in [1.29, 1.82) is 0 Å². The van der Waals surface area contributed by atoms with Crippen molar-refractivity contribution >= 4 is 0 Å². The van der Waals surface area contributed by atoms with Crippen LogP contribution >= 0.6 is 0 Å². The van der Waals surface area contributed by atoms with Gasteiger partial charge in [-0.1, -0.05) is 12.1 Å². The van der Waals surface area contributed by atoms with Crippen molar-refractivity contribution < 1.29 is 4.74 Å². The van der Waals surface area contributed by atoms with Gasteiger partial charge in [0.15, 0.2) is 0 Å². The summed E-state index contributed by atoms with van der Waals surface area (Å²) in [7, 11) is 0. The predicted octanol–water partition coefficient (Wildman–Crippen LogP) is 0.108. The fourth-order valence-corrected chi connectivity index (χ4v) is 2.11. The van der Waals surface area contributed by atoms with Crippen LogP contribution in [0.4, 0.5) is 0 Å². The minimum atomic E-state index is 0.503. The molecule has 2 heterocycles. The lowest BCUT2D eigenvalue weighted by molar-refractivity contribution is -0.00209. The summed E-state index contributed by atoms with van der Waals surface area (Å²) in [5, 5.41) is 11.5. The molecule has 0 spiro atoms. The molecule has 2 rings (SSSR count). The Hall–Kier alpha value is -0.980. The highest BCUT2D eigenvalue weighted by Gasteiger charge is 2.18. The van der Waals surface area contributed by atoms with Gasteiger partial charge < -0.3 is 10.1 Å². The van der Waals surface area contributed by atoms with E-state index in [0.717, 1.165) is 51.6 Å². The van der Waals surface area contributed by atoms with Crippen LogP contribution in [0.15, 0.2) is 6.20 Å². The second kappa shape index (κ2) is 6.82. The van der Waals surface area contributed by atoms with Crippen molar-refractivity contribution in [2.75, 3.05) is 32.8 Å². The maximum atomic E-state index is 5.43. The van der Waals surface area contributed by atoms with E-state index >= 15 is 0 Å². The normalized spacial score (nSPS) is 21.3. The third-order valence-electron chi connectivity index (χ3n) is 3.26. The Morgan fingerprint density at radius 1 is 1.50 bits per heavy atom. The Morgan fingerprint density at radius 3 is 3.17 bits per heavy atom. The molecule has 1 aromatic heterocycles. The van der Waals surface area contributed by atoms with E-state index in [2.05, 4.69) is 34.4 Å². The molecule has 102 valence electrons. The van der Waals surface area contributed by atoms with Gasteiger partial charge in [-0.15, -0.1) is 5.10 Å². The SMILES string of the molecule is CCNCc1cn(CCN2CCOCC2C)nn1. The van der Waals surface area contributed by atoms with Crippen LogP contribution in [0.5, 0.6) is 0 Å². The van der Waals surface area contributed by atoms with Crippen LogP contribution in [0.1, 0.15) is 19.5 Å². The van der Waals surface area contributed by atoms with E-state index < -0.39 is 0 Å². The summed E-state index contributed by atoms with van der Waals surface area (Å²) in [5.74, 6) is 0. The van der Waals surface area contributed by atoms with Crippen LogP contribution in [0.2, 0.25) is 0 Å². The van der Waals surface area contributed by atoms with Gasteiger partial charge in [0.2, 0.25) is 0 Å². The van der Waals surface area contributed by atoms with Gasteiger partial charge in [-0.25, -0.2) is 0 Å². The molecule has 1 aliphatic rings. The highest BCUT2D eigenvalue weighted by Crippen LogP contribution is 2.05. The van der Waals surface area contributed by atoms with Gasteiger partial charge >= 0.3 is 0 Å². The Kier molecular flexibility index (Phi) is 5.10. The Bertz CT molecular complexity index is 354. The summed E-state index contributed by atoms with van der Waals surface area (Å²) in [6, 6.07) is 0.503. The van der Waals surface area contributed by atoms with Crippen LogP contribution in [-0.2, 0) is 17.8 Å². The highest BCUT2D eigenvalue weighted by atomic mass is 16.5. The molecule has 0 saturated carbocycles. The second-order valence-corrected chi connectivity index (χ2v) is 4.71. The van der Waals surface area contributed by atoms with Crippen molar-refractivity contribution in [3.05, 3.63) is 11.9 Å². The molecule has 1 fully saturated rings. The molecule has 0 aromatic carbocycles. The average molecular weight is 253 g/mol. The number of hydrogen-bond donors (Lipinski definition) is 1. The van der Waals surface area contributed by atoms with Crippen LogP contribution in [0.3, 0.4) is 0 Å². The van der Waals surface area contributed by atoms with Crippen molar-refractivity contribution in [1.82, 2.24) is 25.2 Å². The summed E-state index contributed by atoms with van der Waals surface area (Å²) in [4.78, 5) is 2.44. The monoisotopic (exact) mass is 253 g/mol. The molecule has 0 bridgehead atoms. The van der Waals surface area contributed by atoms with E-state index in [-0.39, 0.29) is 0 Å². The van der Waals surface area contributed by atoms with Gasteiger partial charge in [0.1, 0.15) is 0 Å². The molecule has 1 atom stereocenters. The van der Waals surface area contributed by atoms with Crippen LogP contribution < -0.4 is 5.32 Å². The van der Waals surface area contributed by atoms with Crippen LogP contribution in [-0.4, -0.2) is 58.8 Å². The topological polar surface area (TPSA) is 55.2 Å². The molecule has 18 heavy (non-hydrogen) atoms. The molecule has 0 amide bonds. The molecule has 0 aliphatic carbocycles. The summed E-state index contributed by atoms with van der Waals surface area (Å²) >= 11 is 0. The van der Waals surface area contributed by atoms with Gasteiger partial charge in [0, 0.05) is 31.9 Å². The minimum absolute atomic E-state index is 0.503. The number of nitrogens with one attached hydrogen (secondary N) is 1. The first kappa shape index (κ1) is 13.5. The molecule has 0 radical (unpaired) electrons.